The summed E-state index contributed by atoms with van der Waals surface area (Å²) < 4.78 is 4.76. The highest BCUT2D eigenvalue weighted by Crippen LogP contribution is 2.24. The third-order valence-corrected chi connectivity index (χ3v) is 4.83. The summed E-state index contributed by atoms with van der Waals surface area (Å²) >= 11 is 0. The zero-order valence-corrected chi connectivity index (χ0v) is 16.0. The number of hydrogen-bond donors (Lipinski definition) is 0. The maximum atomic E-state index is 4.50. The minimum atomic E-state index is 0.813. The van der Waals surface area contributed by atoms with Crippen molar-refractivity contribution in [2.24, 2.45) is 0 Å². The molecule has 0 radical (unpaired) electrons. The summed E-state index contributed by atoms with van der Waals surface area (Å²) in [4.78, 5) is 4.50. The van der Waals surface area contributed by atoms with Crippen molar-refractivity contribution in [3.05, 3.63) is 76.6 Å². The predicted octanol–water partition coefficient (Wildman–Crippen LogP) is 4.26. The quantitative estimate of drug-likeness (QED) is 0.639. The van der Waals surface area contributed by atoms with Gasteiger partial charge in [0.2, 0.25) is 6.33 Å². The van der Waals surface area contributed by atoms with Crippen LogP contribution in [-0.2, 0) is 19.4 Å². The Morgan fingerprint density at radius 2 is 1.72 bits per heavy atom. The van der Waals surface area contributed by atoms with Gasteiger partial charge in [0.1, 0.15) is 17.9 Å². The van der Waals surface area contributed by atoms with Gasteiger partial charge >= 0.3 is 0 Å². The maximum absolute atomic E-state index is 4.50. The molecule has 0 bridgehead atoms. The van der Waals surface area contributed by atoms with E-state index in [0.29, 0.717) is 0 Å². The van der Waals surface area contributed by atoms with E-state index in [1.165, 1.54) is 33.8 Å². The molecule has 0 spiro atoms. The van der Waals surface area contributed by atoms with E-state index < -0.39 is 0 Å². The predicted molar refractivity (Wildman–Crippen MR) is 102 cm³/mol. The Bertz CT molecular complexity index is 853. The number of imidazole rings is 1. The van der Waals surface area contributed by atoms with Crippen LogP contribution in [0.25, 0.3) is 5.69 Å². The summed E-state index contributed by atoms with van der Waals surface area (Å²) in [6, 6.07) is 10.7. The second kappa shape index (κ2) is 7.22. The summed E-state index contributed by atoms with van der Waals surface area (Å²) in [5, 5.41) is 0. The Morgan fingerprint density at radius 3 is 2.28 bits per heavy atom. The smallest absolute Gasteiger partial charge is 0.249 e. The van der Waals surface area contributed by atoms with Gasteiger partial charge in [0.05, 0.1) is 5.69 Å². The molecule has 0 saturated carbocycles. The molecule has 2 heterocycles. The van der Waals surface area contributed by atoms with Crippen LogP contribution in [0.4, 0.5) is 0 Å². The fourth-order valence-corrected chi connectivity index (χ4v) is 3.91. The maximum Gasteiger partial charge on any atom is 0.249 e. The lowest BCUT2D eigenvalue weighted by Crippen LogP contribution is -2.37. The monoisotopic (exact) mass is 334 g/mol. The van der Waals surface area contributed by atoms with E-state index in [1.807, 2.05) is 12.3 Å². The Morgan fingerprint density at radius 1 is 1.00 bits per heavy atom. The summed E-state index contributed by atoms with van der Waals surface area (Å²) in [5.74, 6) is 0. The molecule has 0 unspecified atom stereocenters. The van der Waals surface area contributed by atoms with Crippen molar-refractivity contribution in [1.82, 2.24) is 9.55 Å². The van der Waals surface area contributed by atoms with E-state index in [4.69, 9.17) is 0 Å². The minimum absolute atomic E-state index is 0.813. The van der Waals surface area contributed by atoms with Crippen molar-refractivity contribution in [3.63, 3.8) is 0 Å². The van der Waals surface area contributed by atoms with E-state index in [9.17, 15) is 0 Å². The molecule has 0 fully saturated rings. The standard InChI is InChI=1S/C22H28N3/c1-6-20-21(7-2)25(22-17(4)12-16(3)13-18(22)5)15-24(20)14-19-10-8-9-11-23-19/h8-13,15H,6-7,14H2,1-5H3/q+1. The zero-order chi connectivity index (χ0) is 18.0. The van der Waals surface area contributed by atoms with Crippen LogP contribution < -0.4 is 4.57 Å². The molecule has 0 aliphatic heterocycles. The second-order valence-corrected chi connectivity index (χ2v) is 6.78. The second-order valence-electron chi connectivity index (χ2n) is 6.78. The number of aromatic nitrogens is 3. The van der Waals surface area contributed by atoms with Crippen molar-refractivity contribution < 1.29 is 4.57 Å². The third kappa shape index (κ3) is 3.37. The molecule has 3 aromatic rings. The molecule has 0 saturated heterocycles. The molecule has 3 heteroatoms. The number of benzene rings is 1. The molecule has 0 atom stereocenters. The molecule has 0 aliphatic carbocycles. The van der Waals surface area contributed by atoms with Crippen LogP contribution >= 0.6 is 0 Å². The average Bonchev–Trinajstić information content (AvgIpc) is 2.91. The van der Waals surface area contributed by atoms with Crippen LogP contribution in [0.15, 0.2) is 42.9 Å². The van der Waals surface area contributed by atoms with Crippen LogP contribution in [-0.4, -0.2) is 9.55 Å². The van der Waals surface area contributed by atoms with Gasteiger partial charge < -0.3 is 0 Å². The topological polar surface area (TPSA) is 21.7 Å². The van der Waals surface area contributed by atoms with Gasteiger partial charge in [-0.15, -0.1) is 0 Å². The Kier molecular flexibility index (Phi) is 5.03. The number of pyridine rings is 1. The van der Waals surface area contributed by atoms with Gasteiger partial charge in [0.25, 0.3) is 0 Å². The molecule has 3 rings (SSSR count). The molecule has 0 N–H and O–H groups in total. The van der Waals surface area contributed by atoms with Crippen LogP contribution in [0.1, 0.15) is 47.6 Å². The molecule has 2 aromatic heterocycles. The summed E-state index contributed by atoms with van der Waals surface area (Å²) in [7, 11) is 0. The van der Waals surface area contributed by atoms with Crippen LogP contribution in [0.3, 0.4) is 0 Å². The first-order valence-electron chi connectivity index (χ1n) is 9.15. The SMILES string of the molecule is CCc1c(CC)[n+](Cc2ccccn2)cn1-c1c(C)cc(C)cc1C. The van der Waals surface area contributed by atoms with E-state index in [2.05, 4.69) is 79.3 Å². The van der Waals surface area contributed by atoms with Gasteiger partial charge in [-0.3, -0.25) is 4.98 Å². The molecule has 0 aliphatic rings. The van der Waals surface area contributed by atoms with Gasteiger partial charge in [-0.2, -0.15) is 4.57 Å². The fourth-order valence-electron chi connectivity index (χ4n) is 3.91. The third-order valence-electron chi connectivity index (χ3n) is 4.83. The van der Waals surface area contributed by atoms with Crippen LogP contribution in [0, 0.1) is 20.8 Å². The number of hydrogen-bond acceptors (Lipinski definition) is 1. The summed E-state index contributed by atoms with van der Waals surface area (Å²) in [5.41, 5.74) is 9.18. The lowest BCUT2D eigenvalue weighted by molar-refractivity contribution is -0.695. The van der Waals surface area contributed by atoms with E-state index in [0.717, 1.165) is 25.1 Å². The van der Waals surface area contributed by atoms with Crippen molar-refractivity contribution in [3.8, 4) is 5.69 Å². The van der Waals surface area contributed by atoms with Gasteiger partial charge in [0.15, 0.2) is 5.69 Å². The highest BCUT2D eigenvalue weighted by molar-refractivity contribution is 5.50. The molecule has 0 amide bonds. The molecular weight excluding hydrogens is 306 g/mol. The van der Waals surface area contributed by atoms with Crippen LogP contribution in [0.2, 0.25) is 0 Å². The minimum Gasteiger partial charge on any atom is -0.257 e. The highest BCUT2D eigenvalue weighted by atomic mass is 15.2. The molecular formula is C22H28N3+. The van der Waals surface area contributed by atoms with Gasteiger partial charge in [-0.1, -0.05) is 37.6 Å². The Labute approximate surface area is 151 Å². The van der Waals surface area contributed by atoms with E-state index >= 15 is 0 Å². The largest absolute Gasteiger partial charge is 0.257 e. The molecule has 3 nitrogen and oxygen atoms in total. The first-order valence-corrected chi connectivity index (χ1v) is 9.15. The first-order chi connectivity index (χ1) is 12.0. The van der Waals surface area contributed by atoms with E-state index in [1.54, 1.807) is 0 Å². The summed E-state index contributed by atoms with van der Waals surface area (Å²) in [6.45, 7) is 11.9. The Hall–Kier alpha value is -2.42. The first kappa shape index (κ1) is 17.4. The fraction of sp³-hybridized carbons (Fsp3) is 0.364. The Balaban J connectivity index is 2.15. The lowest BCUT2D eigenvalue weighted by Gasteiger charge is -2.09. The number of nitrogens with zero attached hydrogens (tertiary/aromatic N) is 3. The summed E-state index contributed by atoms with van der Waals surface area (Å²) in [6.07, 6.45) is 6.17. The van der Waals surface area contributed by atoms with Crippen LogP contribution in [0.5, 0.6) is 0 Å². The van der Waals surface area contributed by atoms with Gasteiger partial charge in [-0.25, -0.2) is 4.57 Å². The zero-order valence-electron chi connectivity index (χ0n) is 16.0. The molecule has 1 aromatic carbocycles. The van der Waals surface area contributed by atoms with Crippen molar-refractivity contribution in [1.29, 1.82) is 0 Å². The van der Waals surface area contributed by atoms with Gasteiger partial charge in [0, 0.05) is 19.0 Å². The van der Waals surface area contributed by atoms with Crippen molar-refractivity contribution in [2.45, 2.75) is 54.0 Å². The average molecular weight is 334 g/mol. The van der Waals surface area contributed by atoms with Crippen molar-refractivity contribution >= 4 is 0 Å². The molecule has 25 heavy (non-hydrogen) atoms. The van der Waals surface area contributed by atoms with Crippen molar-refractivity contribution in [2.75, 3.05) is 0 Å². The highest BCUT2D eigenvalue weighted by Gasteiger charge is 2.24. The number of aryl methyl sites for hydroxylation is 3. The lowest BCUT2D eigenvalue weighted by atomic mass is 10.0. The van der Waals surface area contributed by atoms with Gasteiger partial charge in [-0.05, 0) is 44.0 Å². The number of rotatable bonds is 5. The normalized spacial score (nSPS) is 11.1. The van der Waals surface area contributed by atoms with E-state index in [-0.39, 0.29) is 0 Å². The molecule has 130 valence electrons.